The smallest absolute Gasteiger partial charge is 0.259 e. The Labute approximate surface area is 174 Å². The maximum atomic E-state index is 12.9. The van der Waals surface area contributed by atoms with Crippen molar-refractivity contribution in [1.82, 2.24) is 0 Å². The molecule has 0 aromatic heterocycles. The van der Waals surface area contributed by atoms with Crippen LogP contribution < -0.4 is 15.4 Å². The lowest BCUT2D eigenvalue weighted by molar-refractivity contribution is -0.117. The number of carbonyl (C=O) groups excluding carboxylic acids is 2. The molecule has 2 aromatic carbocycles. The Kier molecular flexibility index (Phi) is 6.73. The molecule has 0 saturated heterocycles. The molecule has 1 fully saturated rings. The first-order chi connectivity index (χ1) is 13.5. The van der Waals surface area contributed by atoms with Crippen LogP contribution in [0.5, 0.6) is 5.75 Å². The summed E-state index contributed by atoms with van der Waals surface area (Å²) in [5.41, 5.74) is 2.78. The predicted molar refractivity (Wildman–Crippen MR) is 115 cm³/mol. The Morgan fingerprint density at radius 2 is 1.93 bits per heavy atom. The monoisotopic (exact) mass is 444 g/mol. The number of amides is 2. The van der Waals surface area contributed by atoms with Crippen LogP contribution in [-0.4, -0.2) is 18.4 Å². The lowest BCUT2D eigenvalue weighted by Gasteiger charge is -2.14. The summed E-state index contributed by atoms with van der Waals surface area (Å²) in [5, 5.41) is 5.87. The van der Waals surface area contributed by atoms with Crippen molar-refractivity contribution in [3.05, 3.63) is 52.0 Å². The fourth-order valence-electron chi connectivity index (χ4n) is 2.75. The van der Waals surface area contributed by atoms with Crippen molar-refractivity contribution >= 4 is 39.1 Å². The van der Waals surface area contributed by atoms with Crippen LogP contribution in [0, 0.1) is 12.8 Å². The number of unbranched alkanes of at least 4 members (excludes halogenated alkanes) is 1. The summed E-state index contributed by atoms with van der Waals surface area (Å²) >= 11 is 3.42. The zero-order chi connectivity index (χ0) is 20.1. The highest BCUT2D eigenvalue weighted by atomic mass is 79.9. The zero-order valence-electron chi connectivity index (χ0n) is 16.2. The van der Waals surface area contributed by atoms with Gasteiger partial charge < -0.3 is 15.4 Å². The lowest BCUT2D eigenvalue weighted by Crippen LogP contribution is -2.16. The average Bonchev–Trinajstić information content (AvgIpc) is 3.51. The number of hydrogen-bond acceptors (Lipinski definition) is 3. The van der Waals surface area contributed by atoms with Gasteiger partial charge in [0, 0.05) is 21.8 Å². The van der Waals surface area contributed by atoms with E-state index in [1.165, 1.54) is 0 Å². The predicted octanol–water partition coefficient (Wildman–Crippen LogP) is 5.54. The molecule has 0 radical (unpaired) electrons. The van der Waals surface area contributed by atoms with Gasteiger partial charge in [-0.3, -0.25) is 9.59 Å². The molecule has 0 heterocycles. The van der Waals surface area contributed by atoms with Crippen LogP contribution in [0.2, 0.25) is 0 Å². The van der Waals surface area contributed by atoms with Crippen LogP contribution in [0.15, 0.2) is 40.9 Å². The summed E-state index contributed by atoms with van der Waals surface area (Å²) in [6.07, 6.45) is 3.85. The second-order valence-electron chi connectivity index (χ2n) is 7.09. The third kappa shape index (κ3) is 5.35. The average molecular weight is 445 g/mol. The number of rotatable bonds is 8. The van der Waals surface area contributed by atoms with Crippen LogP contribution in [-0.2, 0) is 4.79 Å². The van der Waals surface area contributed by atoms with Gasteiger partial charge in [0.15, 0.2) is 0 Å². The van der Waals surface area contributed by atoms with Crippen LogP contribution in [0.1, 0.15) is 48.5 Å². The van der Waals surface area contributed by atoms with Gasteiger partial charge >= 0.3 is 0 Å². The molecule has 0 spiro atoms. The highest BCUT2D eigenvalue weighted by molar-refractivity contribution is 9.10. The second-order valence-corrected chi connectivity index (χ2v) is 8.01. The molecule has 2 N–H and O–H groups in total. The van der Waals surface area contributed by atoms with E-state index in [0.717, 1.165) is 41.4 Å². The summed E-state index contributed by atoms with van der Waals surface area (Å²) in [5.74, 6) is 0.479. The van der Waals surface area contributed by atoms with Gasteiger partial charge in [0.2, 0.25) is 5.91 Å². The number of hydrogen-bond donors (Lipinski definition) is 2. The van der Waals surface area contributed by atoms with Crippen molar-refractivity contribution in [2.45, 2.75) is 39.5 Å². The van der Waals surface area contributed by atoms with Crippen molar-refractivity contribution in [1.29, 1.82) is 0 Å². The van der Waals surface area contributed by atoms with Gasteiger partial charge in [-0.25, -0.2) is 0 Å². The van der Waals surface area contributed by atoms with Crippen molar-refractivity contribution < 1.29 is 14.3 Å². The van der Waals surface area contributed by atoms with Gasteiger partial charge in [0.1, 0.15) is 5.75 Å². The van der Waals surface area contributed by atoms with E-state index in [-0.39, 0.29) is 17.7 Å². The summed E-state index contributed by atoms with van der Waals surface area (Å²) in [4.78, 5) is 24.9. The van der Waals surface area contributed by atoms with Crippen molar-refractivity contribution in [3.8, 4) is 5.75 Å². The van der Waals surface area contributed by atoms with E-state index in [0.29, 0.717) is 23.6 Å². The number of nitrogens with one attached hydrogen (secondary N) is 2. The quantitative estimate of drug-likeness (QED) is 0.525. The summed E-state index contributed by atoms with van der Waals surface area (Å²) in [7, 11) is 0. The van der Waals surface area contributed by atoms with E-state index in [1.54, 1.807) is 18.2 Å². The molecule has 2 aromatic rings. The topological polar surface area (TPSA) is 67.4 Å². The minimum Gasteiger partial charge on any atom is -0.493 e. The van der Waals surface area contributed by atoms with Crippen molar-refractivity contribution in [2.75, 3.05) is 17.2 Å². The number of ether oxygens (including phenoxy) is 1. The highest BCUT2D eigenvalue weighted by Gasteiger charge is 2.29. The van der Waals surface area contributed by atoms with Gasteiger partial charge in [-0.15, -0.1) is 0 Å². The number of carbonyl (C=O) groups is 2. The van der Waals surface area contributed by atoms with E-state index < -0.39 is 0 Å². The Balaban J connectivity index is 1.75. The summed E-state index contributed by atoms with van der Waals surface area (Å²) in [6.45, 7) is 4.60. The molecular weight excluding hydrogens is 420 g/mol. The standard InChI is InChI=1S/C22H25BrN2O3/c1-3-4-11-28-20-10-8-16(23)12-18(20)22(27)24-17-9-5-14(2)19(13-17)25-21(26)15-6-7-15/h5,8-10,12-13,15H,3-4,6-7,11H2,1-2H3,(H,24,27)(H,25,26). The first-order valence-electron chi connectivity index (χ1n) is 9.63. The Morgan fingerprint density at radius 3 is 2.64 bits per heavy atom. The molecule has 0 aliphatic heterocycles. The van der Waals surface area contributed by atoms with E-state index in [4.69, 9.17) is 4.74 Å². The van der Waals surface area contributed by atoms with E-state index in [9.17, 15) is 9.59 Å². The van der Waals surface area contributed by atoms with Gasteiger partial charge in [-0.1, -0.05) is 35.3 Å². The molecule has 3 rings (SSSR count). The highest BCUT2D eigenvalue weighted by Crippen LogP contribution is 2.31. The molecule has 0 unspecified atom stereocenters. The van der Waals surface area contributed by atoms with E-state index >= 15 is 0 Å². The van der Waals surface area contributed by atoms with Crippen molar-refractivity contribution in [3.63, 3.8) is 0 Å². The minimum absolute atomic E-state index is 0.0465. The van der Waals surface area contributed by atoms with Crippen LogP contribution in [0.3, 0.4) is 0 Å². The lowest BCUT2D eigenvalue weighted by atomic mass is 10.1. The third-order valence-corrected chi connectivity index (χ3v) is 5.14. The minimum atomic E-state index is -0.254. The molecule has 0 atom stereocenters. The van der Waals surface area contributed by atoms with Crippen molar-refractivity contribution in [2.24, 2.45) is 5.92 Å². The maximum absolute atomic E-state index is 12.9. The fourth-order valence-corrected chi connectivity index (χ4v) is 3.11. The first-order valence-corrected chi connectivity index (χ1v) is 10.4. The largest absolute Gasteiger partial charge is 0.493 e. The molecule has 28 heavy (non-hydrogen) atoms. The molecule has 0 bridgehead atoms. The molecular formula is C22H25BrN2O3. The molecule has 1 aliphatic carbocycles. The number of anilines is 2. The summed E-state index contributed by atoms with van der Waals surface area (Å²) in [6, 6.07) is 10.9. The van der Waals surface area contributed by atoms with E-state index in [1.807, 2.05) is 25.1 Å². The Morgan fingerprint density at radius 1 is 1.14 bits per heavy atom. The zero-order valence-corrected chi connectivity index (χ0v) is 17.8. The van der Waals surface area contributed by atoms with Gasteiger partial charge in [-0.2, -0.15) is 0 Å². The van der Waals surface area contributed by atoms with Crippen LogP contribution in [0.4, 0.5) is 11.4 Å². The normalized spacial score (nSPS) is 13.1. The van der Waals surface area contributed by atoms with Gasteiger partial charge in [0.25, 0.3) is 5.91 Å². The molecule has 6 heteroatoms. The number of benzene rings is 2. The molecule has 148 valence electrons. The van der Waals surface area contributed by atoms with Gasteiger partial charge in [-0.05, 0) is 62.1 Å². The second kappa shape index (κ2) is 9.24. The van der Waals surface area contributed by atoms with Gasteiger partial charge in [0.05, 0.1) is 12.2 Å². The first kappa shape index (κ1) is 20.4. The SMILES string of the molecule is CCCCOc1ccc(Br)cc1C(=O)Nc1ccc(C)c(NC(=O)C2CC2)c1. The Bertz CT molecular complexity index is 878. The van der Waals surface area contributed by atoms with Crippen LogP contribution >= 0.6 is 15.9 Å². The molecule has 5 nitrogen and oxygen atoms in total. The third-order valence-electron chi connectivity index (χ3n) is 4.64. The maximum Gasteiger partial charge on any atom is 0.259 e. The summed E-state index contributed by atoms with van der Waals surface area (Å²) < 4.78 is 6.59. The number of aryl methyl sites for hydroxylation is 1. The van der Waals surface area contributed by atoms with E-state index in [2.05, 4.69) is 33.5 Å². The molecule has 2 amide bonds. The fraction of sp³-hybridized carbons (Fsp3) is 0.364. The molecule has 1 aliphatic rings. The van der Waals surface area contributed by atoms with Crippen LogP contribution in [0.25, 0.3) is 0 Å². The molecule has 1 saturated carbocycles. The number of halogens is 1. The Hall–Kier alpha value is -2.34.